The van der Waals surface area contributed by atoms with Crippen LogP contribution in [-0.2, 0) is 4.79 Å². The summed E-state index contributed by atoms with van der Waals surface area (Å²) >= 11 is 0. The van der Waals surface area contributed by atoms with Crippen LogP contribution in [0.2, 0.25) is 0 Å². The summed E-state index contributed by atoms with van der Waals surface area (Å²) in [6.45, 7) is 5.28. The predicted octanol–water partition coefficient (Wildman–Crippen LogP) is 3.80. The average Bonchev–Trinajstić information content (AvgIpc) is 2.92. The van der Waals surface area contributed by atoms with Gasteiger partial charge in [-0.2, -0.15) is 0 Å². The Balaban J connectivity index is 1.99. The largest absolute Gasteiger partial charge is 0.497 e. The number of amides is 1. The Bertz CT molecular complexity index is 602. The van der Waals surface area contributed by atoms with Crippen LogP contribution in [0, 0.1) is 11.3 Å². The molecular formula is C19H25NO2. The molecule has 0 unspecified atom stereocenters. The molecule has 2 aliphatic rings. The zero-order valence-electron chi connectivity index (χ0n) is 13.7. The van der Waals surface area contributed by atoms with Gasteiger partial charge in [0.1, 0.15) is 5.75 Å². The molecule has 2 atom stereocenters. The lowest BCUT2D eigenvalue weighted by Crippen LogP contribution is -2.40. The van der Waals surface area contributed by atoms with Gasteiger partial charge in [-0.1, -0.05) is 31.6 Å². The smallest absolute Gasteiger partial charge is 0.226 e. The van der Waals surface area contributed by atoms with E-state index < -0.39 is 0 Å². The van der Waals surface area contributed by atoms with Crippen LogP contribution in [0.1, 0.15) is 45.1 Å². The van der Waals surface area contributed by atoms with Crippen LogP contribution in [0.3, 0.4) is 0 Å². The Kier molecular flexibility index (Phi) is 3.98. The van der Waals surface area contributed by atoms with Crippen LogP contribution in [0.5, 0.6) is 5.75 Å². The summed E-state index contributed by atoms with van der Waals surface area (Å²) in [4.78, 5) is 12.4. The van der Waals surface area contributed by atoms with Crippen molar-refractivity contribution in [3.63, 3.8) is 0 Å². The zero-order chi connectivity index (χ0) is 15.7. The van der Waals surface area contributed by atoms with E-state index >= 15 is 0 Å². The van der Waals surface area contributed by atoms with E-state index in [1.165, 1.54) is 16.7 Å². The van der Waals surface area contributed by atoms with E-state index in [0.29, 0.717) is 5.92 Å². The molecule has 1 aromatic carbocycles. The van der Waals surface area contributed by atoms with Gasteiger partial charge < -0.3 is 10.1 Å². The number of benzene rings is 1. The van der Waals surface area contributed by atoms with Crippen molar-refractivity contribution in [3.8, 4) is 5.75 Å². The SMILES string of the molecule is CCC1=C(c2ccc(OC)cc2)CC[C@@]2(CCNC2=O)[C@@H]1C. The molecule has 1 heterocycles. The first-order chi connectivity index (χ1) is 10.6. The van der Waals surface area contributed by atoms with Crippen LogP contribution >= 0.6 is 0 Å². The van der Waals surface area contributed by atoms with Crippen molar-refractivity contribution < 1.29 is 9.53 Å². The van der Waals surface area contributed by atoms with Crippen LogP contribution < -0.4 is 10.1 Å². The number of methoxy groups -OCH3 is 1. The number of carbonyl (C=O) groups is 1. The Labute approximate surface area is 132 Å². The number of hydrogen-bond acceptors (Lipinski definition) is 2. The Hall–Kier alpha value is -1.77. The van der Waals surface area contributed by atoms with Crippen molar-refractivity contribution >= 4 is 11.5 Å². The van der Waals surface area contributed by atoms with Gasteiger partial charge in [-0.25, -0.2) is 0 Å². The fourth-order valence-corrected chi connectivity index (χ4v) is 4.30. The molecule has 1 amide bonds. The fraction of sp³-hybridized carbons (Fsp3) is 0.526. The summed E-state index contributed by atoms with van der Waals surface area (Å²) in [6, 6.07) is 8.33. The van der Waals surface area contributed by atoms with Gasteiger partial charge in [-0.3, -0.25) is 4.79 Å². The molecule has 3 nitrogen and oxygen atoms in total. The molecule has 1 saturated heterocycles. The molecule has 1 fully saturated rings. The third kappa shape index (κ3) is 2.23. The maximum atomic E-state index is 12.4. The molecule has 3 rings (SSSR count). The lowest BCUT2D eigenvalue weighted by atomic mass is 9.62. The number of hydrogen-bond donors (Lipinski definition) is 1. The van der Waals surface area contributed by atoms with Crippen LogP contribution in [0.15, 0.2) is 29.8 Å². The lowest BCUT2D eigenvalue weighted by molar-refractivity contribution is -0.130. The molecule has 1 N–H and O–H groups in total. The molecule has 0 saturated carbocycles. The molecule has 1 aliphatic heterocycles. The molecule has 1 aliphatic carbocycles. The lowest BCUT2D eigenvalue weighted by Gasteiger charge is -2.40. The second-order valence-electron chi connectivity index (χ2n) is 6.47. The maximum absolute atomic E-state index is 12.4. The van der Waals surface area contributed by atoms with E-state index in [9.17, 15) is 4.79 Å². The van der Waals surface area contributed by atoms with E-state index in [0.717, 1.165) is 38.0 Å². The predicted molar refractivity (Wildman–Crippen MR) is 88.7 cm³/mol. The summed E-state index contributed by atoms with van der Waals surface area (Å²) in [5, 5.41) is 3.05. The fourth-order valence-electron chi connectivity index (χ4n) is 4.30. The first-order valence-electron chi connectivity index (χ1n) is 8.27. The summed E-state index contributed by atoms with van der Waals surface area (Å²) in [6.07, 6.45) is 3.95. The minimum atomic E-state index is -0.165. The summed E-state index contributed by atoms with van der Waals surface area (Å²) in [5.74, 6) is 1.48. The normalized spacial score (nSPS) is 28.1. The molecule has 118 valence electrons. The third-order valence-corrected chi connectivity index (χ3v) is 5.69. The van der Waals surface area contributed by atoms with Gasteiger partial charge in [-0.05, 0) is 54.9 Å². The number of allylic oxidation sites excluding steroid dienone is 2. The summed E-state index contributed by atoms with van der Waals surface area (Å²) < 4.78 is 5.25. The van der Waals surface area contributed by atoms with Gasteiger partial charge in [0.05, 0.1) is 12.5 Å². The highest BCUT2D eigenvalue weighted by molar-refractivity contribution is 5.87. The van der Waals surface area contributed by atoms with Crippen molar-refractivity contribution in [1.29, 1.82) is 0 Å². The molecular weight excluding hydrogens is 274 g/mol. The minimum absolute atomic E-state index is 0.165. The zero-order valence-corrected chi connectivity index (χ0v) is 13.7. The standard InChI is InChI=1S/C19H25NO2/c1-4-16-13(2)19(11-12-20-18(19)21)10-9-17(16)14-5-7-15(22-3)8-6-14/h5-8,13H,4,9-12H2,1-3H3,(H,20,21)/t13-,19-/m1/s1. The van der Waals surface area contributed by atoms with E-state index in [4.69, 9.17) is 4.74 Å². The van der Waals surface area contributed by atoms with Crippen LogP contribution in [0.25, 0.3) is 5.57 Å². The van der Waals surface area contributed by atoms with Crippen LogP contribution in [0.4, 0.5) is 0 Å². The summed E-state index contributed by atoms with van der Waals surface area (Å²) in [7, 11) is 1.69. The monoisotopic (exact) mass is 299 g/mol. The highest BCUT2D eigenvalue weighted by Crippen LogP contribution is 2.51. The maximum Gasteiger partial charge on any atom is 0.226 e. The first kappa shape index (κ1) is 15.1. The molecule has 22 heavy (non-hydrogen) atoms. The van der Waals surface area contributed by atoms with Gasteiger partial charge in [-0.15, -0.1) is 0 Å². The van der Waals surface area contributed by atoms with E-state index in [-0.39, 0.29) is 11.3 Å². The van der Waals surface area contributed by atoms with Crippen molar-refractivity contribution in [3.05, 3.63) is 35.4 Å². The quantitative estimate of drug-likeness (QED) is 0.922. The number of rotatable bonds is 3. The van der Waals surface area contributed by atoms with Gasteiger partial charge >= 0.3 is 0 Å². The molecule has 0 radical (unpaired) electrons. The number of carbonyl (C=O) groups excluding carboxylic acids is 1. The molecule has 1 aromatic rings. The second-order valence-corrected chi connectivity index (χ2v) is 6.47. The molecule has 3 heteroatoms. The Morgan fingerprint density at radius 1 is 1.27 bits per heavy atom. The molecule has 1 spiro atoms. The second kappa shape index (κ2) is 5.79. The van der Waals surface area contributed by atoms with E-state index in [1.807, 2.05) is 12.1 Å². The Morgan fingerprint density at radius 2 is 2.00 bits per heavy atom. The molecule has 0 bridgehead atoms. The van der Waals surface area contributed by atoms with Gasteiger partial charge in [0.15, 0.2) is 0 Å². The van der Waals surface area contributed by atoms with Gasteiger partial charge in [0.2, 0.25) is 5.91 Å². The van der Waals surface area contributed by atoms with Crippen LogP contribution in [-0.4, -0.2) is 19.6 Å². The van der Waals surface area contributed by atoms with Gasteiger partial charge in [0.25, 0.3) is 0 Å². The highest BCUT2D eigenvalue weighted by atomic mass is 16.5. The summed E-state index contributed by atoms with van der Waals surface area (Å²) in [5.41, 5.74) is 4.00. The van der Waals surface area contributed by atoms with Crippen molar-refractivity contribution in [2.24, 2.45) is 11.3 Å². The van der Waals surface area contributed by atoms with Crippen molar-refractivity contribution in [2.75, 3.05) is 13.7 Å². The topological polar surface area (TPSA) is 38.3 Å². The number of nitrogens with one attached hydrogen (secondary N) is 1. The van der Waals surface area contributed by atoms with E-state index in [1.54, 1.807) is 7.11 Å². The Morgan fingerprint density at radius 3 is 2.55 bits per heavy atom. The molecule has 0 aromatic heterocycles. The van der Waals surface area contributed by atoms with Gasteiger partial charge in [0, 0.05) is 6.54 Å². The first-order valence-corrected chi connectivity index (χ1v) is 8.27. The minimum Gasteiger partial charge on any atom is -0.497 e. The van der Waals surface area contributed by atoms with E-state index in [2.05, 4.69) is 31.3 Å². The highest BCUT2D eigenvalue weighted by Gasteiger charge is 2.49. The van der Waals surface area contributed by atoms with Crippen molar-refractivity contribution in [2.45, 2.75) is 39.5 Å². The number of ether oxygens (including phenoxy) is 1. The average molecular weight is 299 g/mol. The van der Waals surface area contributed by atoms with Crippen molar-refractivity contribution in [1.82, 2.24) is 5.32 Å². The third-order valence-electron chi connectivity index (χ3n) is 5.69.